The fourth-order valence-electron chi connectivity index (χ4n) is 2.79. The van der Waals surface area contributed by atoms with Crippen molar-refractivity contribution in [2.24, 2.45) is 0 Å². The lowest BCUT2D eigenvalue weighted by Gasteiger charge is -2.07. The van der Waals surface area contributed by atoms with Crippen molar-refractivity contribution in [2.75, 3.05) is 0 Å². The predicted molar refractivity (Wildman–Crippen MR) is 98.3 cm³/mol. The molecule has 0 saturated carbocycles. The van der Waals surface area contributed by atoms with Gasteiger partial charge in [-0.05, 0) is 52.6 Å². The fraction of sp³-hybridized carbons (Fsp3) is 0. The minimum absolute atomic E-state index is 0.995. The van der Waals surface area contributed by atoms with Crippen LogP contribution in [0.1, 0.15) is 0 Å². The Labute approximate surface area is 141 Å². The van der Waals surface area contributed by atoms with Crippen LogP contribution in [0.5, 0.6) is 0 Å². The Bertz CT molecular complexity index is 930. The van der Waals surface area contributed by atoms with Crippen molar-refractivity contribution < 1.29 is 0 Å². The van der Waals surface area contributed by atoms with E-state index in [1.807, 2.05) is 48.9 Å². The summed E-state index contributed by atoms with van der Waals surface area (Å²) in [5, 5.41) is 0. The average Bonchev–Trinajstić information content (AvgIpc) is 2.70. The molecule has 2 aromatic carbocycles. The van der Waals surface area contributed by atoms with E-state index in [1.54, 1.807) is 0 Å². The van der Waals surface area contributed by atoms with Crippen LogP contribution in [0.15, 0.2) is 97.5 Å². The van der Waals surface area contributed by atoms with E-state index in [2.05, 4.69) is 58.5 Å². The van der Waals surface area contributed by atoms with Crippen molar-refractivity contribution in [3.8, 4) is 33.5 Å². The molecule has 2 nitrogen and oxygen atoms in total. The molecule has 0 radical (unpaired) electrons. The summed E-state index contributed by atoms with van der Waals surface area (Å²) in [6.45, 7) is 0. The summed E-state index contributed by atoms with van der Waals surface area (Å²) in [6.07, 6.45) is 5.47. The van der Waals surface area contributed by atoms with Gasteiger partial charge < -0.3 is 0 Å². The highest BCUT2D eigenvalue weighted by Gasteiger charge is 2.03. The normalized spacial score (nSPS) is 10.5. The number of hydrogen-bond acceptors (Lipinski definition) is 2. The molecule has 0 bridgehead atoms. The first-order chi connectivity index (χ1) is 11.9. The first-order valence-corrected chi connectivity index (χ1v) is 7.92. The summed E-state index contributed by atoms with van der Waals surface area (Å²) in [5.41, 5.74) is 6.90. The molecule has 0 N–H and O–H groups in total. The van der Waals surface area contributed by atoms with Gasteiger partial charge in [0.15, 0.2) is 0 Å². The topological polar surface area (TPSA) is 25.8 Å². The zero-order chi connectivity index (χ0) is 16.2. The van der Waals surface area contributed by atoms with Crippen molar-refractivity contribution in [3.05, 3.63) is 97.5 Å². The molecular weight excluding hydrogens is 292 g/mol. The van der Waals surface area contributed by atoms with Crippen LogP contribution in [0.25, 0.3) is 33.5 Å². The van der Waals surface area contributed by atoms with Gasteiger partial charge in [0, 0.05) is 24.2 Å². The molecule has 0 saturated heterocycles. The quantitative estimate of drug-likeness (QED) is 0.501. The Morgan fingerprint density at radius 3 is 1.79 bits per heavy atom. The zero-order valence-corrected chi connectivity index (χ0v) is 13.1. The first-order valence-electron chi connectivity index (χ1n) is 7.92. The van der Waals surface area contributed by atoms with Gasteiger partial charge in [-0.1, -0.05) is 48.5 Å². The molecule has 2 aromatic heterocycles. The van der Waals surface area contributed by atoms with E-state index in [-0.39, 0.29) is 0 Å². The highest BCUT2D eigenvalue weighted by molar-refractivity contribution is 5.74. The van der Waals surface area contributed by atoms with Crippen molar-refractivity contribution in [3.63, 3.8) is 0 Å². The van der Waals surface area contributed by atoms with Crippen LogP contribution in [0.4, 0.5) is 0 Å². The second kappa shape index (κ2) is 6.47. The van der Waals surface area contributed by atoms with Gasteiger partial charge in [-0.3, -0.25) is 9.97 Å². The van der Waals surface area contributed by atoms with Crippen LogP contribution < -0.4 is 0 Å². The van der Waals surface area contributed by atoms with Crippen LogP contribution in [0, 0.1) is 0 Å². The number of nitrogens with zero attached hydrogens (tertiary/aromatic N) is 2. The van der Waals surface area contributed by atoms with E-state index >= 15 is 0 Å². The van der Waals surface area contributed by atoms with Crippen LogP contribution in [-0.2, 0) is 0 Å². The average molecular weight is 308 g/mol. The third kappa shape index (κ3) is 2.95. The van der Waals surface area contributed by atoms with E-state index in [0.717, 1.165) is 11.3 Å². The lowest BCUT2D eigenvalue weighted by Crippen LogP contribution is -1.84. The molecule has 2 heteroatoms. The van der Waals surface area contributed by atoms with Crippen LogP contribution in [-0.4, -0.2) is 9.97 Å². The maximum absolute atomic E-state index is 4.40. The minimum Gasteiger partial charge on any atom is -0.265 e. The zero-order valence-electron chi connectivity index (χ0n) is 13.1. The van der Waals surface area contributed by atoms with Crippen molar-refractivity contribution in [2.45, 2.75) is 0 Å². The van der Waals surface area contributed by atoms with Crippen molar-refractivity contribution in [1.82, 2.24) is 9.97 Å². The molecule has 0 unspecified atom stereocenters. The van der Waals surface area contributed by atoms with E-state index in [0.29, 0.717) is 0 Å². The fourth-order valence-corrected chi connectivity index (χ4v) is 2.79. The monoisotopic (exact) mass is 308 g/mol. The van der Waals surface area contributed by atoms with Crippen molar-refractivity contribution >= 4 is 0 Å². The summed E-state index contributed by atoms with van der Waals surface area (Å²) in [5.74, 6) is 0. The Morgan fingerprint density at radius 2 is 1.12 bits per heavy atom. The first kappa shape index (κ1) is 14.3. The molecule has 4 rings (SSSR count). The van der Waals surface area contributed by atoms with Gasteiger partial charge in [0.25, 0.3) is 0 Å². The van der Waals surface area contributed by atoms with E-state index in [4.69, 9.17) is 0 Å². The van der Waals surface area contributed by atoms with Gasteiger partial charge in [-0.25, -0.2) is 0 Å². The number of benzene rings is 2. The Balaban J connectivity index is 1.67. The van der Waals surface area contributed by atoms with Gasteiger partial charge in [0.2, 0.25) is 0 Å². The van der Waals surface area contributed by atoms with E-state index in [1.165, 1.54) is 22.3 Å². The molecule has 2 heterocycles. The van der Waals surface area contributed by atoms with Gasteiger partial charge in [-0.15, -0.1) is 0 Å². The molecule has 0 amide bonds. The molecular formula is C22H16N2. The lowest BCUT2D eigenvalue weighted by atomic mass is 9.98. The molecule has 0 aliphatic rings. The van der Waals surface area contributed by atoms with Crippen molar-refractivity contribution in [1.29, 1.82) is 0 Å². The number of hydrogen-bond donors (Lipinski definition) is 0. The van der Waals surface area contributed by atoms with Crippen LogP contribution in [0.3, 0.4) is 0 Å². The number of aromatic nitrogens is 2. The van der Waals surface area contributed by atoms with Gasteiger partial charge in [0.05, 0.1) is 5.69 Å². The maximum atomic E-state index is 4.40. The third-order valence-corrected chi connectivity index (χ3v) is 4.06. The smallest absolute Gasteiger partial charge is 0.0701 e. The molecule has 114 valence electrons. The lowest BCUT2D eigenvalue weighted by molar-refractivity contribution is 1.33. The summed E-state index contributed by atoms with van der Waals surface area (Å²) in [7, 11) is 0. The molecule has 0 aliphatic carbocycles. The predicted octanol–water partition coefficient (Wildman–Crippen LogP) is 5.48. The summed E-state index contributed by atoms with van der Waals surface area (Å²) in [4.78, 5) is 8.48. The SMILES string of the molecule is c1ccc(-c2ccc(-c3cccc(-c4ccncc4)c3)cc2)nc1. The van der Waals surface area contributed by atoms with E-state index in [9.17, 15) is 0 Å². The Hall–Kier alpha value is -3.26. The largest absolute Gasteiger partial charge is 0.265 e. The van der Waals surface area contributed by atoms with Gasteiger partial charge in [-0.2, -0.15) is 0 Å². The third-order valence-electron chi connectivity index (χ3n) is 4.06. The Morgan fingerprint density at radius 1 is 0.458 bits per heavy atom. The maximum Gasteiger partial charge on any atom is 0.0701 e. The summed E-state index contributed by atoms with van der Waals surface area (Å²) >= 11 is 0. The molecule has 0 spiro atoms. The Kier molecular flexibility index (Phi) is 3.86. The van der Waals surface area contributed by atoms with Gasteiger partial charge >= 0.3 is 0 Å². The molecule has 24 heavy (non-hydrogen) atoms. The second-order valence-electron chi connectivity index (χ2n) is 5.61. The number of pyridine rings is 2. The second-order valence-corrected chi connectivity index (χ2v) is 5.61. The van der Waals surface area contributed by atoms with Gasteiger partial charge in [0.1, 0.15) is 0 Å². The summed E-state index contributed by atoms with van der Waals surface area (Å²) < 4.78 is 0. The van der Waals surface area contributed by atoms with Crippen LogP contribution >= 0.6 is 0 Å². The molecule has 0 atom stereocenters. The molecule has 0 aliphatic heterocycles. The summed E-state index contributed by atoms with van der Waals surface area (Å²) in [6, 6.07) is 27.1. The van der Waals surface area contributed by atoms with Crippen LogP contribution in [0.2, 0.25) is 0 Å². The molecule has 4 aromatic rings. The molecule has 0 fully saturated rings. The minimum atomic E-state index is 0.995. The van der Waals surface area contributed by atoms with E-state index < -0.39 is 0 Å². The standard InChI is InChI=1S/C22H16N2/c1-2-13-24-22(6-1)19-9-7-17(8-10-19)20-4-3-5-21(16-20)18-11-14-23-15-12-18/h1-16H. The number of rotatable bonds is 3. The highest BCUT2D eigenvalue weighted by Crippen LogP contribution is 2.27. The highest BCUT2D eigenvalue weighted by atomic mass is 14.7.